The third-order valence-corrected chi connectivity index (χ3v) is 6.02. The van der Waals surface area contributed by atoms with Gasteiger partial charge in [0.25, 0.3) is 0 Å². The predicted octanol–water partition coefficient (Wildman–Crippen LogP) is 6.29. The summed E-state index contributed by atoms with van der Waals surface area (Å²) in [4.78, 5) is 15.4. The maximum Gasteiger partial charge on any atom is 0.227 e. The van der Waals surface area contributed by atoms with Gasteiger partial charge >= 0.3 is 0 Å². The van der Waals surface area contributed by atoms with E-state index in [1.165, 1.54) is 11.1 Å². The Bertz CT molecular complexity index is 1030. The van der Waals surface area contributed by atoms with Crippen molar-refractivity contribution in [1.29, 1.82) is 0 Å². The van der Waals surface area contributed by atoms with Gasteiger partial charge in [0.05, 0.1) is 5.69 Å². The third kappa shape index (κ3) is 5.66. The van der Waals surface area contributed by atoms with Crippen molar-refractivity contribution in [2.24, 2.45) is 5.92 Å². The Morgan fingerprint density at radius 1 is 1.03 bits per heavy atom. The summed E-state index contributed by atoms with van der Waals surface area (Å²) in [5, 5.41) is 3.61. The lowest BCUT2D eigenvalue weighted by molar-refractivity contribution is -0.121. The molecule has 1 N–H and O–H groups in total. The second kappa shape index (κ2) is 9.99. The van der Waals surface area contributed by atoms with E-state index in [0.717, 1.165) is 32.5 Å². The first kappa shape index (κ1) is 21.4. The Kier molecular flexibility index (Phi) is 6.90. The number of nitrogens with zero attached hydrogens (tertiary/aromatic N) is 1. The van der Waals surface area contributed by atoms with Crippen LogP contribution >= 0.6 is 11.6 Å². The number of aryl methyl sites for hydroxylation is 1. The Hall–Kier alpha value is -2.82. The van der Waals surface area contributed by atoms with Gasteiger partial charge in [-0.3, -0.25) is 9.69 Å². The van der Waals surface area contributed by atoms with Gasteiger partial charge in [0.2, 0.25) is 5.91 Å². The number of piperidine rings is 1. The number of para-hydroxylation sites is 1. The molecule has 3 aromatic carbocycles. The molecule has 0 spiro atoms. The lowest BCUT2D eigenvalue weighted by atomic mass is 9.95. The van der Waals surface area contributed by atoms with E-state index >= 15 is 0 Å². The largest absolute Gasteiger partial charge is 0.455 e. The Morgan fingerprint density at radius 2 is 1.74 bits per heavy atom. The van der Waals surface area contributed by atoms with Crippen molar-refractivity contribution in [1.82, 2.24) is 4.90 Å². The minimum absolute atomic E-state index is 0.0170. The van der Waals surface area contributed by atoms with E-state index < -0.39 is 0 Å². The highest BCUT2D eigenvalue weighted by Crippen LogP contribution is 2.33. The van der Waals surface area contributed by atoms with E-state index in [4.69, 9.17) is 16.3 Å². The molecule has 5 heteroatoms. The van der Waals surface area contributed by atoms with Gasteiger partial charge in [-0.25, -0.2) is 0 Å². The summed E-state index contributed by atoms with van der Waals surface area (Å²) >= 11 is 6.18. The van der Waals surface area contributed by atoms with E-state index in [1.54, 1.807) is 18.2 Å². The van der Waals surface area contributed by atoms with E-state index in [1.807, 2.05) is 30.3 Å². The molecule has 0 radical (unpaired) electrons. The number of hydrogen-bond donors (Lipinski definition) is 1. The lowest BCUT2D eigenvalue weighted by Gasteiger charge is -2.31. The summed E-state index contributed by atoms with van der Waals surface area (Å²) in [5.74, 6) is 1.30. The first-order chi connectivity index (χ1) is 15.1. The summed E-state index contributed by atoms with van der Waals surface area (Å²) in [6.45, 7) is 4.91. The molecule has 4 rings (SSSR count). The van der Waals surface area contributed by atoms with Gasteiger partial charge < -0.3 is 10.1 Å². The summed E-state index contributed by atoms with van der Waals surface area (Å²) in [6, 6.07) is 23.3. The van der Waals surface area contributed by atoms with Crippen molar-refractivity contribution in [3.8, 4) is 11.5 Å². The monoisotopic (exact) mass is 434 g/mol. The molecular weight excluding hydrogens is 408 g/mol. The summed E-state index contributed by atoms with van der Waals surface area (Å²) in [6.07, 6.45) is 1.68. The number of halogens is 1. The van der Waals surface area contributed by atoms with Crippen molar-refractivity contribution in [2.45, 2.75) is 26.3 Å². The topological polar surface area (TPSA) is 41.6 Å². The normalized spacial score (nSPS) is 14.9. The zero-order chi connectivity index (χ0) is 21.6. The van der Waals surface area contributed by atoms with Crippen LogP contribution < -0.4 is 10.1 Å². The van der Waals surface area contributed by atoms with Gasteiger partial charge in [-0.2, -0.15) is 0 Å². The van der Waals surface area contributed by atoms with Crippen LogP contribution in [0.25, 0.3) is 0 Å². The molecule has 1 aliphatic heterocycles. The van der Waals surface area contributed by atoms with Crippen molar-refractivity contribution >= 4 is 23.2 Å². The van der Waals surface area contributed by atoms with Crippen LogP contribution in [0.3, 0.4) is 0 Å². The molecule has 1 aliphatic rings. The van der Waals surface area contributed by atoms with Crippen LogP contribution in [0.1, 0.15) is 24.0 Å². The molecule has 160 valence electrons. The average molecular weight is 435 g/mol. The Balaban J connectivity index is 1.37. The highest BCUT2D eigenvalue weighted by atomic mass is 35.5. The summed E-state index contributed by atoms with van der Waals surface area (Å²) < 4.78 is 5.97. The zero-order valence-electron chi connectivity index (χ0n) is 17.7. The van der Waals surface area contributed by atoms with Crippen molar-refractivity contribution < 1.29 is 9.53 Å². The predicted molar refractivity (Wildman–Crippen MR) is 126 cm³/mol. The molecule has 0 aliphatic carbocycles. The molecule has 1 amide bonds. The second-order valence-corrected chi connectivity index (χ2v) is 8.46. The molecule has 0 bridgehead atoms. The number of carbonyl (C=O) groups excluding carboxylic acids is 1. The summed E-state index contributed by atoms with van der Waals surface area (Å²) in [5.41, 5.74) is 3.27. The molecule has 0 saturated carbocycles. The highest BCUT2D eigenvalue weighted by Gasteiger charge is 2.26. The molecule has 1 fully saturated rings. The standard InChI is InChI=1S/C26H27ClN2O2/c1-19-7-5-6-8-21(19)18-29-15-13-20(14-16-29)26(30)28-24-17-22(27)11-12-25(24)31-23-9-3-2-4-10-23/h2-12,17,20H,13-16,18H2,1H3,(H,28,30). The number of anilines is 1. The number of hydrogen-bond acceptors (Lipinski definition) is 3. The number of nitrogens with one attached hydrogen (secondary N) is 1. The molecule has 0 atom stereocenters. The number of ether oxygens (including phenoxy) is 1. The Labute approximate surface area is 188 Å². The van der Waals surface area contributed by atoms with Crippen LogP contribution in [0.4, 0.5) is 5.69 Å². The molecular formula is C26H27ClN2O2. The van der Waals surface area contributed by atoms with Crippen molar-refractivity contribution in [3.05, 3.63) is 88.9 Å². The fourth-order valence-electron chi connectivity index (χ4n) is 3.92. The first-order valence-electron chi connectivity index (χ1n) is 10.7. The molecule has 0 aromatic heterocycles. The highest BCUT2D eigenvalue weighted by molar-refractivity contribution is 6.31. The van der Waals surface area contributed by atoms with Crippen molar-refractivity contribution in [3.63, 3.8) is 0 Å². The van der Waals surface area contributed by atoms with Crippen LogP contribution in [0.2, 0.25) is 5.02 Å². The van der Waals surface area contributed by atoms with Crippen LogP contribution in [-0.4, -0.2) is 23.9 Å². The fraction of sp³-hybridized carbons (Fsp3) is 0.269. The molecule has 0 unspecified atom stereocenters. The van der Waals surface area contributed by atoms with Gasteiger partial charge in [-0.1, -0.05) is 54.1 Å². The van der Waals surface area contributed by atoms with Gasteiger partial charge in [0, 0.05) is 17.5 Å². The van der Waals surface area contributed by atoms with Crippen LogP contribution in [-0.2, 0) is 11.3 Å². The van der Waals surface area contributed by atoms with E-state index in [2.05, 4.69) is 41.4 Å². The van der Waals surface area contributed by atoms with E-state index in [9.17, 15) is 4.79 Å². The zero-order valence-corrected chi connectivity index (χ0v) is 18.4. The molecule has 1 heterocycles. The fourth-order valence-corrected chi connectivity index (χ4v) is 4.09. The van der Waals surface area contributed by atoms with E-state index in [0.29, 0.717) is 22.2 Å². The van der Waals surface area contributed by atoms with E-state index in [-0.39, 0.29) is 11.8 Å². The minimum Gasteiger partial charge on any atom is -0.455 e. The molecule has 4 nitrogen and oxygen atoms in total. The van der Waals surface area contributed by atoms with Gasteiger partial charge in [0.15, 0.2) is 5.75 Å². The maximum atomic E-state index is 13.0. The van der Waals surface area contributed by atoms with Gasteiger partial charge in [-0.05, 0) is 74.3 Å². The number of amides is 1. The number of likely N-dealkylation sites (tertiary alicyclic amines) is 1. The Morgan fingerprint density at radius 3 is 2.48 bits per heavy atom. The van der Waals surface area contributed by atoms with Crippen LogP contribution in [0.5, 0.6) is 11.5 Å². The van der Waals surface area contributed by atoms with Gasteiger partial charge in [-0.15, -0.1) is 0 Å². The molecule has 31 heavy (non-hydrogen) atoms. The number of carbonyl (C=O) groups is 1. The average Bonchev–Trinajstić information content (AvgIpc) is 2.78. The number of benzene rings is 3. The lowest BCUT2D eigenvalue weighted by Crippen LogP contribution is -2.37. The second-order valence-electron chi connectivity index (χ2n) is 8.02. The SMILES string of the molecule is Cc1ccccc1CN1CCC(C(=O)Nc2cc(Cl)ccc2Oc2ccccc2)CC1. The third-order valence-electron chi connectivity index (χ3n) is 5.78. The smallest absolute Gasteiger partial charge is 0.227 e. The maximum absolute atomic E-state index is 13.0. The molecule has 1 saturated heterocycles. The molecule has 3 aromatic rings. The van der Waals surface area contributed by atoms with Crippen LogP contribution in [0.15, 0.2) is 72.8 Å². The van der Waals surface area contributed by atoms with Gasteiger partial charge in [0.1, 0.15) is 5.75 Å². The quantitative estimate of drug-likeness (QED) is 0.495. The number of rotatable bonds is 6. The minimum atomic E-state index is -0.0170. The first-order valence-corrected chi connectivity index (χ1v) is 11.1. The van der Waals surface area contributed by atoms with Crippen molar-refractivity contribution in [2.75, 3.05) is 18.4 Å². The summed E-state index contributed by atoms with van der Waals surface area (Å²) in [7, 11) is 0. The van der Waals surface area contributed by atoms with Crippen LogP contribution in [0, 0.1) is 12.8 Å².